The summed E-state index contributed by atoms with van der Waals surface area (Å²) in [5.74, 6) is -0.693. The third-order valence-corrected chi connectivity index (χ3v) is 6.42. The van der Waals surface area contributed by atoms with E-state index in [0.717, 1.165) is 24.8 Å². The lowest BCUT2D eigenvalue weighted by Gasteiger charge is -2.49. The Morgan fingerprint density at radius 1 is 1.14 bits per heavy atom. The van der Waals surface area contributed by atoms with Crippen LogP contribution in [-0.2, 0) is 4.79 Å². The molecule has 4 rings (SSSR count). The number of carboxylic acid groups (broad SMARTS) is 1. The largest absolute Gasteiger partial charge is 0.490 e. The highest BCUT2D eigenvalue weighted by Crippen LogP contribution is 2.41. The number of piperidine rings is 2. The van der Waals surface area contributed by atoms with E-state index >= 15 is 0 Å². The molecule has 2 aliphatic heterocycles. The van der Waals surface area contributed by atoms with Crippen LogP contribution in [0.2, 0.25) is 0 Å². The zero-order chi connectivity index (χ0) is 20.9. The van der Waals surface area contributed by atoms with Gasteiger partial charge in [0.15, 0.2) is 0 Å². The van der Waals surface area contributed by atoms with Crippen LogP contribution in [0.15, 0.2) is 18.6 Å². The summed E-state index contributed by atoms with van der Waals surface area (Å²) in [5, 5.41) is 7.12. The standard InChI is InChI=1S/C18H28N4.C2HF3O2/c1-3-16(4-1)14-21-10-2-5-18(15-21)6-11-22(12-7-18)17-13-19-8-9-20-17;3-2(4,5)1(6)7/h8-9,13,16H,1-7,10-12,14-15H2;(H,6,7). The van der Waals surface area contributed by atoms with Gasteiger partial charge in [0, 0.05) is 38.6 Å². The molecule has 29 heavy (non-hydrogen) atoms. The molecule has 0 unspecified atom stereocenters. The predicted octanol–water partition coefficient (Wildman–Crippen LogP) is 3.59. The van der Waals surface area contributed by atoms with Crippen molar-refractivity contribution in [3.63, 3.8) is 0 Å². The van der Waals surface area contributed by atoms with Crippen molar-refractivity contribution in [3.05, 3.63) is 18.6 Å². The first kappa shape index (κ1) is 21.8. The molecule has 1 aromatic rings. The highest BCUT2D eigenvalue weighted by atomic mass is 19.4. The first-order valence-corrected chi connectivity index (χ1v) is 10.3. The van der Waals surface area contributed by atoms with E-state index in [1.165, 1.54) is 64.6 Å². The van der Waals surface area contributed by atoms with Crippen molar-refractivity contribution < 1.29 is 23.1 Å². The van der Waals surface area contributed by atoms with Gasteiger partial charge < -0.3 is 14.9 Å². The minimum absolute atomic E-state index is 0.584. The van der Waals surface area contributed by atoms with E-state index in [1.54, 1.807) is 12.4 Å². The van der Waals surface area contributed by atoms with Crippen molar-refractivity contribution in [1.29, 1.82) is 0 Å². The first-order chi connectivity index (χ1) is 13.8. The second-order valence-electron chi connectivity index (χ2n) is 8.49. The lowest BCUT2D eigenvalue weighted by molar-refractivity contribution is -0.192. The maximum absolute atomic E-state index is 10.6. The monoisotopic (exact) mass is 414 g/mol. The average molecular weight is 414 g/mol. The van der Waals surface area contributed by atoms with Gasteiger partial charge in [-0.05, 0) is 56.4 Å². The van der Waals surface area contributed by atoms with Gasteiger partial charge in [0.1, 0.15) is 5.82 Å². The number of alkyl halides is 3. The Balaban J connectivity index is 0.000000298. The number of hydrogen-bond donors (Lipinski definition) is 1. The number of anilines is 1. The third-order valence-electron chi connectivity index (χ3n) is 6.42. The highest BCUT2D eigenvalue weighted by Gasteiger charge is 2.39. The van der Waals surface area contributed by atoms with Crippen LogP contribution in [-0.4, -0.2) is 64.8 Å². The summed E-state index contributed by atoms with van der Waals surface area (Å²) >= 11 is 0. The molecule has 3 fully saturated rings. The minimum Gasteiger partial charge on any atom is -0.475 e. The van der Waals surface area contributed by atoms with Crippen LogP contribution in [0.5, 0.6) is 0 Å². The number of nitrogens with zero attached hydrogens (tertiary/aromatic N) is 4. The molecule has 3 heterocycles. The first-order valence-electron chi connectivity index (χ1n) is 10.3. The van der Waals surface area contributed by atoms with E-state index in [2.05, 4.69) is 19.8 Å². The molecule has 0 amide bonds. The molecule has 9 heteroatoms. The van der Waals surface area contributed by atoms with Crippen LogP contribution in [0, 0.1) is 11.3 Å². The third kappa shape index (κ3) is 6.04. The Labute approximate surface area is 169 Å². The smallest absolute Gasteiger partial charge is 0.475 e. The van der Waals surface area contributed by atoms with E-state index < -0.39 is 12.1 Å². The van der Waals surface area contributed by atoms with Gasteiger partial charge in [0.25, 0.3) is 0 Å². The summed E-state index contributed by atoms with van der Waals surface area (Å²) in [6.45, 7) is 6.35. The molecule has 3 aliphatic rings. The highest BCUT2D eigenvalue weighted by molar-refractivity contribution is 5.73. The van der Waals surface area contributed by atoms with Gasteiger partial charge in [0.05, 0.1) is 6.20 Å². The van der Waals surface area contributed by atoms with Crippen molar-refractivity contribution in [2.24, 2.45) is 11.3 Å². The van der Waals surface area contributed by atoms with Gasteiger partial charge in [0.2, 0.25) is 0 Å². The zero-order valence-corrected chi connectivity index (χ0v) is 16.6. The Hall–Kier alpha value is -1.90. The second-order valence-corrected chi connectivity index (χ2v) is 8.49. The molecule has 1 aromatic heterocycles. The van der Waals surface area contributed by atoms with Crippen molar-refractivity contribution >= 4 is 11.8 Å². The van der Waals surface area contributed by atoms with Gasteiger partial charge in [-0.3, -0.25) is 4.98 Å². The zero-order valence-electron chi connectivity index (χ0n) is 16.6. The quantitative estimate of drug-likeness (QED) is 0.815. The molecule has 0 aromatic carbocycles. The molecule has 1 N–H and O–H groups in total. The lowest BCUT2D eigenvalue weighted by Crippen LogP contribution is -2.51. The average Bonchev–Trinajstić information content (AvgIpc) is 2.66. The van der Waals surface area contributed by atoms with Gasteiger partial charge >= 0.3 is 12.1 Å². The Morgan fingerprint density at radius 3 is 2.34 bits per heavy atom. The van der Waals surface area contributed by atoms with Crippen molar-refractivity contribution in [1.82, 2.24) is 14.9 Å². The van der Waals surface area contributed by atoms with Crippen LogP contribution >= 0.6 is 0 Å². The number of likely N-dealkylation sites (tertiary alicyclic amines) is 1. The molecule has 0 bridgehead atoms. The summed E-state index contributed by atoms with van der Waals surface area (Å²) in [4.78, 5) is 22.8. The Bertz CT molecular complexity index is 659. The number of carbonyl (C=O) groups is 1. The maximum Gasteiger partial charge on any atom is 0.490 e. The number of halogens is 3. The molecule has 0 atom stereocenters. The SMILES string of the molecule is O=C(O)C(F)(F)F.c1cnc(N2CCC3(CCCN(CC4CCC4)C3)CC2)cn1. The van der Waals surface area contributed by atoms with Gasteiger partial charge in [-0.25, -0.2) is 9.78 Å². The topological polar surface area (TPSA) is 69.6 Å². The minimum atomic E-state index is -5.08. The van der Waals surface area contributed by atoms with Gasteiger partial charge in [-0.1, -0.05) is 6.42 Å². The molecule has 0 radical (unpaired) electrons. The van der Waals surface area contributed by atoms with Crippen LogP contribution in [0.25, 0.3) is 0 Å². The summed E-state index contributed by atoms with van der Waals surface area (Å²) in [6.07, 6.45) is 10.3. The van der Waals surface area contributed by atoms with Crippen LogP contribution in [0.3, 0.4) is 0 Å². The van der Waals surface area contributed by atoms with E-state index in [0.29, 0.717) is 5.41 Å². The molecule has 6 nitrogen and oxygen atoms in total. The Kier molecular flexibility index (Phi) is 6.97. The van der Waals surface area contributed by atoms with Crippen LogP contribution in [0.4, 0.5) is 19.0 Å². The van der Waals surface area contributed by atoms with Crippen molar-refractivity contribution in [3.8, 4) is 0 Å². The van der Waals surface area contributed by atoms with E-state index in [1.807, 2.05) is 6.20 Å². The fourth-order valence-electron chi connectivity index (χ4n) is 4.58. The van der Waals surface area contributed by atoms with E-state index in [4.69, 9.17) is 9.90 Å². The number of aromatic nitrogens is 2. The summed E-state index contributed by atoms with van der Waals surface area (Å²) in [7, 11) is 0. The summed E-state index contributed by atoms with van der Waals surface area (Å²) < 4.78 is 31.7. The predicted molar refractivity (Wildman–Crippen MR) is 103 cm³/mol. The fourth-order valence-corrected chi connectivity index (χ4v) is 4.58. The van der Waals surface area contributed by atoms with Crippen LogP contribution < -0.4 is 4.90 Å². The lowest BCUT2D eigenvalue weighted by atomic mass is 9.72. The van der Waals surface area contributed by atoms with Crippen molar-refractivity contribution in [2.75, 3.05) is 37.6 Å². The van der Waals surface area contributed by atoms with Crippen LogP contribution in [0.1, 0.15) is 44.9 Å². The number of carboxylic acids is 1. The maximum atomic E-state index is 10.6. The molecular formula is C20H29F3N4O2. The fraction of sp³-hybridized carbons (Fsp3) is 0.750. The van der Waals surface area contributed by atoms with E-state index in [9.17, 15) is 13.2 Å². The molecule has 2 saturated heterocycles. The van der Waals surface area contributed by atoms with E-state index in [-0.39, 0.29) is 0 Å². The second kappa shape index (κ2) is 9.28. The molecule has 1 aliphatic carbocycles. The van der Waals surface area contributed by atoms with Gasteiger partial charge in [-0.15, -0.1) is 0 Å². The number of hydrogen-bond acceptors (Lipinski definition) is 5. The summed E-state index contributed by atoms with van der Waals surface area (Å²) in [6, 6.07) is 0. The number of aliphatic carboxylic acids is 1. The molecular weight excluding hydrogens is 385 g/mol. The normalized spacial score (nSPS) is 22.5. The van der Waals surface area contributed by atoms with Gasteiger partial charge in [-0.2, -0.15) is 13.2 Å². The Morgan fingerprint density at radius 2 is 1.83 bits per heavy atom. The summed E-state index contributed by atoms with van der Waals surface area (Å²) in [5.41, 5.74) is 0.584. The number of rotatable bonds is 3. The molecule has 1 spiro atoms. The molecule has 162 valence electrons. The van der Waals surface area contributed by atoms with Crippen molar-refractivity contribution in [2.45, 2.75) is 51.1 Å². The molecule has 1 saturated carbocycles.